The second-order valence-corrected chi connectivity index (χ2v) is 8.42. The number of fused-ring (bicyclic) bond motifs is 5. The largest absolute Gasteiger partial charge is 0.301 e. The van der Waals surface area contributed by atoms with Gasteiger partial charge in [-0.15, -0.1) is 21.5 Å². The van der Waals surface area contributed by atoms with Crippen molar-refractivity contribution in [3.8, 4) is 5.69 Å². The molecule has 0 saturated heterocycles. The summed E-state index contributed by atoms with van der Waals surface area (Å²) >= 11 is 7.89. The molecule has 0 fully saturated rings. The van der Waals surface area contributed by atoms with Crippen molar-refractivity contribution in [1.29, 1.82) is 0 Å². The highest BCUT2D eigenvalue weighted by Gasteiger charge is 2.26. The van der Waals surface area contributed by atoms with Crippen molar-refractivity contribution in [2.75, 3.05) is 13.6 Å². The standard InChI is InChI=1S/C19H18ClN5OS/c1-3-15-21-22-19-24(12-6-4-5-11(20)9-12)17(26)16-13-7-8-23(2)10-14(13)27-18(16)25(15)19/h4-6,9H,3,7-8,10H2,1-2H3. The zero-order valence-electron chi connectivity index (χ0n) is 15.1. The fraction of sp³-hybridized carbons (Fsp3) is 0.316. The van der Waals surface area contributed by atoms with Crippen LogP contribution in [-0.2, 0) is 19.4 Å². The molecule has 0 aliphatic carbocycles. The van der Waals surface area contributed by atoms with Crippen molar-refractivity contribution in [1.82, 2.24) is 24.1 Å². The number of halogens is 1. The number of aromatic nitrogens is 4. The third kappa shape index (κ3) is 2.46. The van der Waals surface area contributed by atoms with Gasteiger partial charge < -0.3 is 4.90 Å². The van der Waals surface area contributed by atoms with E-state index in [-0.39, 0.29) is 5.56 Å². The molecular weight excluding hydrogens is 382 g/mol. The van der Waals surface area contributed by atoms with E-state index >= 15 is 0 Å². The van der Waals surface area contributed by atoms with Crippen molar-refractivity contribution in [3.05, 3.63) is 55.9 Å². The van der Waals surface area contributed by atoms with Crippen molar-refractivity contribution in [2.24, 2.45) is 0 Å². The number of rotatable bonds is 2. The first-order valence-corrected chi connectivity index (χ1v) is 10.2. The first kappa shape index (κ1) is 16.9. The van der Waals surface area contributed by atoms with Crippen LogP contribution < -0.4 is 5.56 Å². The molecule has 0 bridgehead atoms. The predicted octanol–water partition coefficient (Wildman–Crippen LogP) is 3.30. The van der Waals surface area contributed by atoms with Gasteiger partial charge in [-0.25, -0.2) is 4.57 Å². The molecule has 1 aliphatic heterocycles. The molecule has 138 valence electrons. The molecule has 0 radical (unpaired) electrons. The summed E-state index contributed by atoms with van der Waals surface area (Å²) in [6.07, 6.45) is 1.62. The highest BCUT2D eigenvalue weighted by atomic mass is 35.5. The Morgan fingerprint density at radius 2 is 2.15 bits per heavy atom. The van der Waals surface area contributed by atoms with Crippen LogP contribution in [0.2, 0.25) is 5.02 Å². The number of benzene rings is 1. The first-order chi connectivity index (χ1) is 13.1. The van der Waals surface area contributed by atoms with Gasteiger partial charge in [0.15, 0.2) is 0 Å². The molecule has 8 heteroatoms. The Morgan fingerprint density at radius 1 is 1.30 bits per heavy atom. The van der Waals surface area contributed by atoms with E-state index in [0.29, 0.717) is 16.5 Å². The zero-order valence-corrected chi connectivity index (χ0v) is 16.6. The first-order valence-electron chi connectivity index (χ1n) is 8.96. The molecule has 5 rings (SSSR count). The highest BCUT2D eigenvalue weighted by Crippen LogP contribution is 2.34. The molecular formula is C19H18ClN5OS. The van der Waals surface area contributed by atoms with Gasteiger partial charge in [0.2, 0.25) is 5.78 Å². The van der Waals surface area contributed by atoms with Crippen LogP contribution in [-0.4, -0.2) is 37.7 Å². The van der Waals surface area contributed by atoms with Crippen LogP contribution in [0, 0.1) is 0 Å². The Labute approximate surface area is 164 Å². The molecule has 1 aromatic carbocycles. The topological polar surface area (TPSA) is 55.4 Å². The molecule has 4 heterocycles. The van der Waals surface area contributed by atoms with Crippen LogP contribution in [0.5, 0.6) is 0 Å². The molecule has 0 atom stereocenters. The summed E-state index contributed by atoms with van der Waals surface area (Å²) in [5.41, 5.74) is 1.84. The number of likely N-dealkylation sites (N-methyl/N-ethyl adjacent to an activating group) is 1. The average Bonchev–Trinajstić information content (AvgIpc) is 3.22. The Morgan fingerprint density at radius 3 is 2.93 bits per heavy atom. The number of thiophene rings is 1. The number of aryl methyl sites for hydroxylation is 1. The van der Waals surface area contributed by atoms with E-state index in [1.54, 1.807) is 28.0 Å². The van der Waals surface area contributed by atoms with Crippen LogP contribution in [0.4, 0.5) is 0 Å². The van der Waals surface area contributed by atoms with Crippen molar-refractivity contribution in [3.63, 3.8) is 0 Å². The van der Waals surface area contributed by atoms with E-state index in [1.807, 2.05) is 16.5 Å². The predicted molar refractivity (Wildman–Crippen MR) is 108 cm³/mol. The van der Waals surface area contributed by atoms with E-state index in [1.165, 1.54) is 10.4 Å². The molecule has 27 heavy (non-hydrogen) atoms. The monoisotopic (exact) mass is 399 g/mol. The molecule has 1 aliphatic rings. The summed E-state index contributed by atoms with van der Waals surface area (Å²) in [7, 11) is 2.11. The highest BCUT2D eigenvalue weighted by molar-refractivity contribution is 7.18. The lowest BCUT2D eigenvalue weighted by Gasteiger charge is -2.21. The molecule has 0 unspecified atom stereocenters. The molecule has 0 amide bonds. The number of nitrogens with zero attached hydrogens (tertiary/aromatic N) is 5. The molecule has 0 spiro atoms. The van der Waals surface area contributed by atoms with E-state index in [9.17, 15) is 4.79 Å². The summed E-state index contributed by atoms with van der Waals surface area (Å²) in [4.78, 5) is 18.1. The summed E-state index contributed by atoms with van der Waals surface area (Å²) in [5, 5.41) is 10.1. The molecule has 6 nitrogen and oxygen atoms in total. The summed E-state index contributed by atoms with van der Waals surface area (Å²) < 4.78 is 3.69. The molecule has 4 aromatic rings. The van der Waals surface area contributed by atoms with E-state index < -0.39 is 0 Å². The van der Waals surface area contributed by atoms with Gasteiger partial charge in [-0.2, -0.15) is 0 Å². The Kier molecular flexibility index (Phi) is 3.86. The summed E-state index contributed by atoms with van der Waals surface area (Å²) in [6, 6.07) is 7.32. The fourth-order valence-corrected chi connectivity index (χ4v) is 5.46. The lowest BCUT2D eigenvalue weighted by atomic mass is 10.1. The van der Waals surface area contributed by atoms with Gasteiger partial charge in [0.25, 0.3) is 5.56 Å². The number of hydrogen-bond acceptors (Lipinski definition) is 5. The third-order valence-corrected chi connectivity index (χ3v) is 6.58. The quantitative estimate of drug-likeness (QED) is 0.519. The van der Waals surface area contributed by atoms with Crippen LogP contribution in [0.15, 0.2) is 29.1 Å². The maximum atomic E-state index is 13.6. The Bertz CT molecular complexity index is 1250. The van der Waals surface area contributed by atoms with E-state index in [0.717, 1.165) is 42.0 Å². The minimum absolute atomic E-state index is 0.0446. The number of hydrogen-bond donors (Lipinski definition) is 0. The van der Waals surface area contributed by atoms with Gasteiger partial charge in [0.1, 0.15) is 10.7 Å². The summed E-state index contributed by atoms with van der Waals surface area (Å²) in [6.45, 7) is 3.88. The maximum Gasteiger partial charge on any atom is 0.268 e. The van der Waals surface area contributed by atoms with Gasteiger partial charge in [-0.1, -0.05) is 24.6 Å². The summed E-state index contributed by atoms with van der Waals surface area (Å²) in [5.74, 6) is 1.40. The zero-order chi connectivity index (χ0) is 18.7. The maximum absolute atomic E-state index is 13.6. The van der Waals surface area contributed by atoms with Gasteiger partial charge in [-0.05, 0) is 37.2 Å². The van der Waals surface area contributed by atoms with Crippen LogP contribution in [0.25, 0.3) is 21.7 Å². The molecule has 0 N–H and O–H groups in total. The normalized spacial score (nSPS) is 14.9. The Balaban J connectivity index is 1.97. The second-order valence-electron chi connectivity index (χ2n) is 6.90. The molecule has 3 aromatic heterocycles. The average molecular weight is 400 g/mol. The van der Waals surface area contributed by atoms with Crippen LogP contribution in [0.3, 0.4) is 0 Å². The van der Waals surface area contributed by atoms with Crippen LogP contribution in [0.1, 0.15) is 23.2 Å². The lowest BCUT2D eigenvalue weighted by Crippen LogP contribution is -2.27. The Hall–Kier alpha value is -2.22. The minimum Gasteiger partial charge on any atom is -0.301 e. The third-order valence-electron chi connectivity index (χ3n) is 5.14. The SMILES string of the molecule is CCc1nnc2n(-c3cccc(Cl)c3)c(=O)c3c4c(sc3n12)CN(C)CC4. The fourth-order valence-electron chi connectivity index (χ4n) is 3.83. The smallest absolute Gasteiger partial charge is 0.268 e. The minimum atomic E-state index is -0.0446. The molecule has 0 saturated carbocycles. The van der Waals surface area contributed by atoms with Crippen molar-refractivity contribution < 1.29 is 0 Å². The van der Waals surface area contributed by atoms with Crippen molar-refractivity contribution >= 4 is 38.9 Å². The lowest BCUT2D eigenvalue weighted by molar-refractivity contribution is 0.318. The van der Waals surface area contributed by atoms with Gasteiger partial charge >= 0.3 is 0 Å². The van der Waals surface area contributed by atoms with Gasteiger partial charge in [0, 0.05) is 29.4 Å². The van der Waals surface area contributed by atoms with E-state index in [2.05, 4.69) is 29.1 Å². The van der Waals surface area contributed by atoms with Gasteiger partial charge in [0.05, 0.1) is 11.1 Å². The van der Waals surface area contributed by atoms with Gasteiger partial charge in [-0.3, -0.25) is 9.20 Å². The van der Waals surface area contributed by atoms with Crippen LogP contribution >= 0.6 is 22.9 Å². The second kappa shape index (κ2) is 6.15. The van der Waals surface area contributed by atoms with Crippen molar-refractivity contribution in [2.45, 2.75) is 26.3 Å². The van der Waals surface area contributed by atoms with E-state index in [4.69, 9.17) is 11.6 Å².